The van der Waals surface area contributed by atoms with Gasteiger partial charge in [0.05, 0.1) is 13.7 Å². The molecule has 1 atom stereocenters. The minimum Gasteiger partial charge on any atom is -0.497 e. The van der Waals surface area contributed by atoms with Crippen molar-refractivity contribution in [3.63, 3.8) is 0 Å². The summed E-state index contributed by atoms with van der Waals surface area (Å²) in [7, 11) is -1.83. The zero-order valence-corrected chi connectivity index (χ0v) is 19.0. The number of methoxy groups -OCH3 is 1. The van der Waals surface area contributed by atoms with Crippen molar-refractivity contribution in [2.24, 2.45) is 0 Å². The number of halogens is 2. The van der Waals surface area contributed by atoms with Crippen LogP contribution in [0.3, 0.4) is 0 Å². The van der Waals surface area contributed by atoms with Gasteiger partial charge in [0.1, 0.15) is 11.5 Å². The van der Waals surface area contributed by atoms with E-state index in [2.05, 4.69) is 0 Å². The third kappa shape index (κ3) is 4.92. The van der Waals surface area contributed by atoms with Crippen LogP contribution in [0.4, 0.5) is 5.69 Å². The smallest absolute Gasteiger partial charge is 0.422 e. The Morgan fingerprint density at radius 3 is 2.24 bits per heavy atom. The number of rotatable bonds is 8. The lowest BCUT2D eigenvalue weighted by Gasteiger charge is -2.41. The zero-order chi connectivity index (χ0) is 20.9. The molecule has 0 saturated heterocycles. The van der Waals surface area contributed by atoms with Crippen LogP contribution in [0.15, 0.2) is 54.6 Å². The van der Waals surface area contributed by atoms with Crippen molar-refractivity contribution in [1.29, 1.82) is 0 Å². The fraction of sp³-hybridized carbons (Fsp3) is 0.333. The SMILES string of the molecule is COc1ccc(C2=CCN(c3ccc(C)cc3)[P@@](=O)(N(CCCl)CCCl)O2)cc1. The highest BCUT2D eigenvalue weighted by Crippen LogP contribution is 2.60. The number of alkyl halides is 2. The lowest BCUT2D eigenvalue weighted by atomic mass is 10.1. The highest BCUT2D eigenvalue weighted by atomic mass is 35.5. The second-order valence-electron chi connectivity index (χ2n) is 6.63. The monoisotopic (exact) mass is 454 g/mol. The van der Waals surface area contributed by atoms with Gasteiger partial charge in [-0.1, -0.05) is 17.7 Å². The second kappa shape index (κ2) is 9.90. The van der Waals surface area contributed by atoms with Crippen LogP contribution >= 0.6 is 30.9 Å². The molecule has 0 fully saturated rings. The first-order valence-electron chi connectivity index (χ1n) is 9.38. The molecule has 0 saturated carbocycles. The maximum absolute atomic E-state index is 14.3. The summed E-state index contributed by atoms with van der Waals surface area (Å²) >= 11 is 12.0. The molecule has 0 aromatic heterocycles. The fourth-order valence-corrected chi connectivity index (χ4v) is 6.17. The summed E-state index contributed by atoms with van der Waals surface area (Å²) in [6.45, 7) is 3.28. The van der Waals surface area contributed by atoms with Crippen LogP contribution in [-0.4, -0.2) is 43.2 Å². The molecule has 1 aliphatic heterocycles. The van der Waals surface area contributed by atoms with E-state index in [1.165, 1.54) is 0 Å². The summed E-state index contributed by atoms with van der Waals surface area (Å²) in [6, 6.07) is 15.4. The number of benzene rings is 2. The third-order valence-electron chi connectivity index (χ3n) is 4.72. The molecule has 2 aromatic carbocycles. The van der Waals surface area contributed by atoms with E-state index in [-0.39, 0.29) is 0 Å². The van der Waals surface area contributed by atoms with E-state index in [4.69, 9.17) is 32.5 Å². The van der Waals surface area contributed by atoms with Gasteiger partial charge in [0.25, 0.3) is 0 Å². The molecule has 29 heavy (non-hydrogen) atoms. The topological polar surface area (TPSA) is 42.0 Å². The average molecular weight is 455 g/mol. The van der Waals surface area contributed by atoms with Gasteiger partial charge < -0.3 is 9.26 Å². The van der Waals surface area contributed by atoms with Crippen molar-refractivity contribution in [3.05, 3.63) is 65.7 Å². The molecule has 1 heterocycles. The average Bonchev–Trinajstić information content (AvgIpc) is 2.74. The van der Waals surface area contributed by atoms with Crippen LogP contribution < -0.4 is 9.41 Å². The molecule has 0 N–H and O–H groups in total. The molecule has 0 aliphatic carbocycles. The van der Waals surface area contributed by atoms with E-state index in [1.54, 1.807) is 16.5 Å². The highest BCUT2D eigenvalue weighted by molar-refractivity contribution is 7.58. The van der Waals surface area contributed by atoms with Crippen LogP contribution in [-0.2, 0) is 9.09 Å². The first-order valence-corrected chi connectivity index (χ1v) is 12.0. The van der Waals surface area contributed by atoms with Gasteiger partial charge in [-0.3, -0.25) is 4.67 Å². The number of ether oxygens (including phenoxy) is 1. The van der Waals surface area contributed by atoms with E-state index in [0.717, 1.165) is 22.6 Å². The molecule has 3 rings (SSSR count). The van der Waals surface area contributed by atoms with Crippen LogP contribution in [0.1, 0.15) is 11.1 Å². The van der Waals surface area contributed by atoms with Crippen LogP contribution in [0.2, 0.25) is 0 Å². The molecule has 5 nitrogen and oxygen atoms in total. The van der Waals surface area contributed by atoms with Gasteiger partial charge >= 0.3 is 7.67 Å². The van der Waals surface area contributed by atoms with Crippen LogP contribution in [0.25, 0.3) is 5.76 Å². The van der Waals surface area contributed by atoms with Crippen molar-refractivity contribution < 1.29 is 13.8 Å². The van der Waals surface area contributed by atoms with Crippen molar-refractivity contribution in [1.82, 2.24) is 4.67 Å². The second-order valence-corrected chi connectivity index (χ2v) is 9.60. The Labute approximate surface area is 182 Å². The summed E-state index contributed by atoms with van der Waals surface area (Å²) in [6.07, 6.45) is 1.94. The van der Waals surface area contributed by atoms with Gasteiger partial charge in [0.2, 0.25) is 0 Å². The van der Waals surface area contributed by atoms with E-state index < -0.39 is 7.67 Å². The molecule has 0 amide bonds. The summed E-state index contributed by atoms with van der Waals surface area (Å²) in [4.78, 5) is 0. The van der Waals surface area contributed by atoms with Gasteiger partial charge in [0, 0.05) is 36.1 Å². The normalized spacial score (nSPS) is 19.1. The number of hydrogen-bond acceptors (Lipinski definition) is 3. The molecule has 0 unspecified atom stereocenters. The maximum Gasteiger partial charge on any atom is 0.422 e. The summed E-state index contributed by atoms with van der Waals surface area (Å²) < 4.78 is 29.3. The molecule has 156 valence electrons. The van der Waals surface area contributed by atoms with Crippen LogP contribution in [0.5, 0.6) is 5.75 Å². The Bertz CT molecular complexity index is 882. The number of nitrogens with zero attached hydrogens (tertiary/aromatic N) is 2. The predicted octanol–water partition coefficient (Wildman–Crippen LogP) is 5.77. The van der Waals surface area contributed by atoms with Crippen molar-refractivity contribution >= 4 is 42.3 Å². The van der Waals surface area contributed by atoms with Gasteiger partial charge in [-0.15, -0.1) is 23.2 Å². The fourth-order valence-electron chi connectivity index (χ4n) is 3.15. The molecule has 0 bridgehead atoms. The standard InChI is InChI=1S/C21H25Cl2N2O3P/c1-17-3-7-19(8-4-17)25-14-11-21(18-5-9-20(27-2)10-6-18)28-29(25,26)24(15-12-22)16-13-23/h3-11H,12-16H2,1-2H3/t29-/m1/s1. The van der Waals surface area contributed by atoms with E-state index in [0.29, 0.717) is 37.2 Å². The lowest BCUT2D eigenvalue weighted by molar-refractivity contribution is 0.350. The summed E-state index contributed by atoms with van der Waals surface area (Å²) in [5.41, 5.74) is 2.80. The number of anilines is 1. The van der Waals surface area contributed by atoms with E-state index >= 15 is 0 Å². The quantitative estimate of drug-likeness (QED) is 0.374. The Kier molecular flexibility index (Phi) is 7.53. The first-order chi connectivity index (χ1) is 14.0. The molecular weight excluding hydrogens is 430 g/mol. The zero-order valence-electron chi connectivity index (χ0n) is 16.6. The van der Waals surface area contributed by atoms with Crippen LogP contribution in [0, 0.1) is 6.92 Å². The third-order valence-corrected chi connectivity index (χ3v) is 7.61. The van der Waals surface area contributed by atoms with Crippen molar-refractivity contribution in [2.75, 3.05) is 43.2 Å². The van der Waals surface area contributed by atoms with Crippen molar-refractivity contribution in [2.45, 2.75) is 6.92 Å². The minimum absolute atomic E-state index is 0.327. The largest absolute Gasteiger partial charge is 0.497 e. The lowest BCUT2D eigenvalue weighted by Crippen LogP contribution is -2.37. The Morgan fingerprint density at radius 1 is 1.07 bits per heavy atom. The Balaban J connectivity index is 2.01. The molecule has 0 radical (unpaired) electrons. The van der Waals surface area contributed by atoms with Gasteiger partial charge in [-0.2, -0.15) is 0 Å². The predicted molar refractivity (Wildman–Crippen MR) is 121 cm³/mol. The van der Waals surface area contributed by atoms with Gasteiger partial charge in [0.15, 0.2) is 0 Å². The minimum atomic E-state index is -3.45. The first kappa shape index (κ1) is 22.0. The summed E-state index contributed by atoms with van der Waals surface area (Å²) in [5.74, 6) is 1.98. The number of aryl methyl sites for hydroxylation is 1. The van der Waals surface area contributed by atoms with E-state index in [9.17, 15) is 4.57 Å². The van der Waals surface area contributed by atoms with E-state index in [1.807, 2.05) is 61.5 Å². The number of hydrogen-bond donors (Lipinski definition) is 0. The molecular formula is C21H25Cl2N2O3P. The van der Waals surface area contributed by atoms with Gasteiger partial charge in [-0.25, -0.2) is 9.24 Å². The molecule has 8 heteroatoms. The Morgan fingerprint density at radius 2 is 1.69 bits per heavy atom. The highest BCUT2D eigenvalue weighted by Gasteiger charge is 2.43. The summed E-state index contributed by atoms with van der Waals surface area (Å²) in [5, 5.41) is 0. The molecule has 0 spiro atoms. The van der Waals surface area contributed by atoms with Gasteiger partial charge in [-0.05, 0) is 49.4 Å². The molecule has 1 aliphatic rings. The Hall–Kier alpha value is -1.65. The maximum atomic E-state index is 14.3. The van der Waals surface area contributed by atoms with Crippen molar-refractivity contribution in [3.8, 4) is 5.75 Å². The molecule has 2 aromatic rings.